The maximum atomic E-state index is 14.5. The van der Waals surface area contributed by atoms with Crippen LogP contribution in [0.15, 0.2) is 53.5 Å². The highest BCUT2D eigenvalue weighted by Gasteiger charge is 2.17. The van der Waals surface area contributed by atoms with Gasteiger partial charge in [0.2, 0.25) is 0 Å². The number of aromatic nitrogens is 3. The Morgan fingerprint density at radius 2 is 1.63 bits per heavy atom. The third kappa shape index (κ3) is 3.31. The van der Waals surface area contributed by atoms with E-state index in [-0.39, 0.29) is 11.4 Å². The molecule has 8 heteroatoms. The van der Waals surface area contributed by atoms with Gasteiger partial charge in [0.05, 0.1) is 11.0 Å². The second kappa shape index (κ2) is 7.31. The molecule has 7 nitrogen and oxygen atoms in total. The summed E-state index contributed by atoms with van der Waals surface area (Å²) in [4.78, 5) is 23.5. The molecule has 152 valence electrons. The molecule has 0 amide bonds. The number of nitrogens with one attached hydrogen (secondary N) is 3. The van der Waals surface area contributed by atoms with Crippen molar-refractivity contribution in [2.75, 3.05) is 31.1 Å². The Labute approximate surface area is 171 Å². The zero-order valence-corrected chi connectivity index (χ0v) is 16.1. The van der Waals surface area contributed by atoms with E-state index in [0.29, 0.717) is 33.3 Å². The molecule has 0 radical (unpaired) electrons. The van der Waals surface area contributed by atoms with E-state index in [1.807, 2.05) is 6.07 Å². The molecule has 4 aromatic rings. The minimum absolute atomic E-state index is 0.0221. The minimum atomic E-state index is -0.457. The summed E-state index contributed by atoms with van der Waals surface area (Å²) in [6.07, 6.45) is 1.67. The average Bonchev–Trinajstić information content (AvgIpc) is 3.15. The molecule has 3 heterocycles. The number of halogens is 1. The van der Waals surface area contributed by atoms with Gasteiger partial charge in [-0.15, -0.1) is 0 Å². The number of phenolic OH excluding ortho intramolecular Hbond substituents is 1. The lowest BCUT2D eigenvalue weighted by atomic mass is 9.97. The van der Waals surface area contributed by atoms with E-state index in [9.17, 15) is 14.3 Å². The van der Waals surface area contributed by atoms with Gasteiger partial charge in [-0.1, -0.05) is 6.07 Å². The second-order valence-corrected chi connectivity index (χ2v) is 7.33. The molecule has 0 atom stereocenters. The van der Waals surface area contributed by atoms with E-state index in [1.165, 1.54) is 12.1 Å². The van der Waals surface area contributed by atoms with Crippen LogP contribution in [0.5, 0.6) is 5.75 Å². The molecule has 2 aromatic carbocycles. The summed E-state index contributed by atoms with van der Waals surface area (Å²) >= 11 is 0. The van der Waals surface area contributed by atoms with Gasteiger partial charge in [0.25, 0.3) is 0 Å². The lowest BCUT2D eigenvalue weighted by Crippen LogP contribution is -2.43. The Hall–Kier alpha value is -3.65. The number of benzene rings is 2. The van der Waals surface area contributed by atoms with E-state index in [1.54, 1.807) is 30.5 Å². The van der Waals surface area contributed by atoms with Crippen LogP contribution in [0.1, 0.15) is 0 Å². The van der Waals surface area contributed by atoms with Crippen LogP contribution in [0.4, 0.5) is 10.2 Å². The first kappa shape index (κ1) is 18.4. The van der Waals surface area contributed by atoms with Crippen molar-refractivity contribution in [3.05, 3.63) is 65.0 Å². The fourth-order valence-electron chi connectivity index (χ4n) is 3.89. The minimum Gasteiger partial charge on any atom is -0.507 e. The van der Waals surface area contributed by atoms with Gasteiger partial charge in [0.1, 0.15) is 17.4 Å². The highest BCUT2D eigenvalue weighted by molar-refractivity contribution is 5.87. The van der Waals surface area contributed by atoms with E-state index in [2.05, 4.69) is 25.2 Å². The molecule has 1 saturated heterocycles. The smallest absolute Gasteiger partial charge is 0.323 e. The Morgan fingerprint density at radius 3 is 2.40 bits per heavy atom. The normalized spacial score (nSPS) is 14.4. The van der Waals surface area contributed by atoms with Gasteiger partial charge in [-0.2, -0.15) is 0 Å². The first-order chi connectivity index (χ1) is 14.6. The molecule has 0 spiro atoms. The number of aromatic hydroxyl groups is 1. The van der Waals surface area contributed by atoms with Crippen molar-refractivity contribution in [1.29, 1.82) is 0 Å². The summed E-state index contributed by atoms with van der Waals surface area (Å²) in [6, 6.07) is 11.4. The van der Waals surface area contributed by atoms with Gasteiger partial charge >= 0.3 is 5.69 Å². The molecule has 4 N–H and O–H groups in total. The molecule has 1 aliphatic heterocycles. The number of hydrogen-bond donors (Lipinski definition) is 4. The van der Waals surface area contributed by atoms with Crippen molar-refractivity contribution in [3.63, 3.8) is 0 Å². The number of nitrogens with zero attached hydrogens (tertiary/aromatic N) is 2. The zero-order chi connectivity index (χ0) is 20.7. The molecule has 0 aliphatic carbocycles. The summed E-state index contributed by atoms with van der Waals surface area (Å²) in [5.74, 6) is 0.317. The number of rotatable bonds is 3. The number of imidazole rings is 1. The monoisotopic (exact) mass is 405 g/mol. The molecule has 5 rings (SSSR count). The van der Waals surface area contributed by atoms with Gasteiger partial charge in [-0.05, 0) is 47.5 Å². The molecular weight excluding hydrogens is 385 g/mol. The van der Waals surface area contributed by atoms with Gasteiger partial charge in [-0.25, -0.2) is 14.2 Å². The predicted octanol–water partition coefficient (Wildman–Crippen LogP) is 2.84. The predicted molar refractivity (Wildman–Crippen MR) is 114 cm³/mol. The molecule has 0 unspecified atom stereocenters. The van der Waals surface area contributed by atoms with E-state index >= 15 is 0 Å². The SMILES string of the molecule is O=c1[nH]c2ccc(-c3cc(F)cc(-c4ccnc(N5CCNCC5)c4)c3O)cc2[nH]1. The van der Waals surface area contributed by atoms with Crippen LogP contribution in [-0.4, -0.2) is 46.2 Å². The highest BCUT2D eigenvalue weighted by Crippen LogP contribution is 2.40. The first-order valence-electron chi connectivity index (χ1n) is 9.75. The van der Waals surface area contributed by atoms with Crippen LogP contribution in [0, 0.1) is 5.82 Å². The third-order valence-corrected chi connectivity index (χ3v) is 5.40. The topological polar surface area (TPSA) is 97.0 Å². The quantitative estimate of drug-likeness (QED) is 0.420. The summed E-state index contributed by atoms with van der Waals surface area (Å²) in [7, 11) is 0. The fourth-order valence-corrected chi connectivity index (χ4v) is 3.89. The lowest BCUT2D eigenvalue weighted by Gasteiger charge is -2.28. The van der Waals surface area contributed by atoms with Gasteiger partial charge in [-0.3, -0.25) is 0 Å². The Balaban J connectivity index is 1.60. The van der Waals surface area contributed by atoms with Crippen molar-refractivity contribution < 1.29 is 9.50 Å². The maximum absolute atomic E-state index is 14.5. The highest BCUT2D eigenvalue weighted by atomic mass is 19.1. The Morgan fingerprint density at radius 1 is 0.933 bits per heavy atom. The van der Waals surface area contributed by atoms with Crippen molar-refractivity contribution >= 4 is 16.9 Å². The fraction of sp³-hybridized carbons (Fsp3) is 0.182. The molecule has 1 fully saturated rings. The molecule has 30 heavy (non-hydrogen) atoms. The zero-order valence-electron chi connectivity index (χ0n) is 16.1. The number of aromatic amines is 2. The average molecular weight is 405 g/mol. The Bertz CT molecular complexity index is 1290. The largest absolute Gasteiger partial charge is 0.507 e. The van der Waals surface area contributed by atoms with Crippen LogP contribution in [-0.2, 0) is 0 Å². The number of hydrogen-bond acceptors (Lipinski definition) is 5. The van der Waals surface area contributed by atoms with Crippen molar-refractivity contribution in [2.24, 2.45) is 0 Å². The third-order valence-electron chi connectivity index (χ3n) is 5.40. The summed E-state index contributed by atoms with van der Waals surface area (Å²) < 4.78 is 14.5. The second-order valence-electron chi connectivity index (χ2n) is 7.33. The van der Waals surface area contributed by atoms with E-state index < -0.39 is 5.82 Å². The number of H-pyrrole nitrogens is 2. The van der Waals surface area contributed by atoms with Gasteiger partial charge in [0, 0.05) is 43.5 Å². The number of fused-ring (bicyclic) bond motifs is 1. The van der Waals surface area contributed by atoms with E-state index in [0.717, 1.165) is 32.0 Å². The maximum Gasteiger partial charge on any atom is 0.323 e. The van der Waals surface area contributed by atoms with Gasteiger partial charge in [0.15, 0.2) is 0 Å². The molecular formula is C22H20FN5O2. The molecule has 0 saturated carbocycles. The molecule has 0 bridgehead atoms. The van der Waals surface area contributed by atoms with E-state index in [4.69, 9.17) is 0 Å². The standard InChI is InChI=1S/C22H20FN5O2/c23-15-11-16(13-1-2-18-19(9-13)27-22(30)26-18)21(29)17(12-15)14-3-4-25-20(10-14)28-7-5-24-6-8-28/h1-4,9-12,24,29H,5-8H2,(H2,26,27,30). The van der Waals surface area contributed by atoms with Crippen molar-refractivity contribution in [3.8, 4) is 28.0 Å². The number of pyridine rings is 1. The number of piperazine rings is 1. The number of phenols is 1. The molecule has 2 aromatic heterocycles. The van der Waals surface area contributed by atoms with Crippen molar-refractivity contribution in [2.45, 2.75) is 0 Å². The van der Waals surface area contributed by atoms with Gasteiger partial charge < -0.3 is 25.3 Å². The van der Waals surface area contributed by atoms with Crippen LogP contribution in [0.3, 0.4) is 0 Å². The van der Waals surface area contributed by atoms with Crippen LogP contribution in [0.25, 0.3) is 33.3 Å². The lowest BCUT2D eigenvalue weighted by molar-refractivity contribution is 0.477. The first-order valence-corrected chi connectivity index (χ1v) is 9.75. The summed E-state index contributed by atoms with van der Waals surface area (Å²) in [6.45, 7) is 3.44. The summed E-state index contributed by atoms with van der Waals surface area (Å²) in [5, 5.41) is 14.3. The molecule has 1 aliphatic rings. The van der Waals surface area contributed by atoms with Crippen LogP contribution < -0.4 is 15.9 Å². The summed E-state index contributed by atoms with van der Waals surface area (Å²) in [5.41, 5.74) is 2.96. The van der Waals surface area contributed by atoms with Crippen molar-refractivity contribution in [1.82, 2.24) is 20.3 Å². The van der Waals surface area contributed by atoms with Crippen LogP contribution >= 0.6 is 0 Å². The Kier molecular flexibility index (Phi) is 4.48. The number of anilines is 1. The van der Waals surface area contributed by atoms with Crippen LogP contribution in [0.2, 0.25) is 0 Å².